The summed E-state index contributed by atoms with van der Waals surface area (Å²) in [4.78, 5) is 17.1. The number of rotatable bonds is 7. The molecule has 1 heterocycles. The standard InChI is InChI=1S/C25H18Cl2IN3O4S/c1-15-12-24(29-14-21(15)28)30-25(32)19-13-16(26)6-11-22(19)31-36(33,34)18-9-7-17(8-10-18)35-23-5-3-2-4-20(23)27/h2-14,31H,1H3,(H,29,30,32). The number of ether oxygens (including phenoxy) is 1. The summed E-state index contributed by atoms with van der Waals surface area (Å²) in [6.07, 6.45) is 1.63. The zero-order valence-electron chi connectivity index (χ0n) is 18.6. The number of carbonyl (C=O) groups excluding carboxylic acids is 1. The lowest BCUT2D eigenvalue weighted by Crippen LogP contribution is -2.19. The van der Waals surface area contributed by atoms with E-state index < -0.39 is 15.9 Å². The Morgan fingerprint density at radius 3 is 2.42 bits per heavy atom. The molecule has 0 spiro atoms. The maximum Gasteiger partial charge on any atom is 0.261 e. The van der Waals surface area contributed by atoms with Crippen molar-refractivity contribution in [3.63, 3.8) is 0 Å². The molecule has 0 saturated carbocycles. The first kappa shape index (κ1) is 26.2. The molecule has 3 aromatic carbocycles. The van der Waals surface area contributed by atoms with Crippen LogP contribution in [0.4, 0.5) is 11.5 Å². The number of nitrogens with one attached hydrogen (secondary N) is 2. The van der Waals surface area contributed by atoms with Gasteiger partial charge in [0.2, 0.25) is 0 Å². The Balaban J connectivity index is 1.55. The lowest BCUT2D eigenvalue weighted by atomic mass is 10.1. The second-order valence-corrected chi connectivity index (χ2v) is 11.3. The van der Waals surface area contributed by atoms with Gasteiger partial charge in [-0.2, -0.15) is 0 Å². The van der Waals surface area contributed by atoms with Crippen molar-refractivity contribution in [2.45, 2.75) is 11.8 Å². The molecule has 4 rings (SSSR count). The van der Waals surface area contributed by atoms with E-state index in [2.05, 4.69) is 37.6 Å². The zero-order chi connectivity index (χ0) is 25.9. The largest absolute Gasteiger partial charge is 0.456 e. The van der Waals surface area contributed by atoms with Crippen molar-refractivity contribution in [1.82, 2.24) is 4.98 Å². The highest BCUT2D eigenvalue weighted by atomic mass is 127. The number of pyridine rings is 1. The molecule has 11 heteroatoms. The Bertz CT molecular complexity index is 1550. The van der Waals surface area contributed by atoms with Crippen LogP contribution in [0.3, 0.4) is 0 Å². The molecule has 0 radical (unpaired) electrons. The number of carbonyl (C=O) groups is 1. The third-order valence-electron chi connectivity index (χ3n) is 4.96. The van der Waals surface area contributed by atoms with Crippen LogP contribution < -0.4 is 14.8 Å². The fourth-order valence-corrected chi connectivity index (χ4v) is 4.85. The normalized spacial score (nSPS) is 11.1. The number of benzene rings is 3. The number of amides is 1. The van der Waals surface area contributed by atoms with E-state index >= 15 is 0 Å². The van der Waals surface area contributed by atoms with Gasteiger partial charge in [0, 0.05) is 14.8 Å². The van der Waals surface area contributed by atoms with Gasteiger partial charge in [0.25, 0.3) is 15.9 Å². The maximum atomic E-state index is 13.1. The van der Waals surface area contributed by atoms with Gasteiger partial charge in [-0.15, -0.1) is 0 Å². The van der Waals surface area contributed by atoms with Gasteiger partial charge in [-0.3, -0.25) is 9.52 Å². The molecule has 184 valence electrons. The molecular weight excluding hydrogens is 636 g/mol. The Hall–Kier alpha value is -2.86. The Kier molecular flexibility index (Phi) is 8.04. The number of para-hydroxylation sites is 1. The molecule has 0 aliphatic heterocycles. The van der Waals surface area contributed by atoms with Crippen LogP contribution in [0.1, 0.15) is 15.9 Å². The minimum absolute atomic E-state index is 0.0229. The summed E-state index contributed by atoms with van der Waals surface area (Å²) < 4.78 is 35.3. The van der Waals surface area contributed by atoms with E-state index in [4.69, 9.17) is 27.9 Å². The summed E-state index contributed by atoms with van der Waals surface area (Å²) in [5.74, 6) is 0.629. The number of nitrogens with zero attached hydrogens (tertiary/aromatic N) is 1. The first-order chi connectivity index (χ1) is 17.1. The molecule has 0 bridgehead atoms. The second-order valence-electron chi connectivity index (χ2n) is 7.57. The molecule has 0 atom stereocenters. The number of halogens is 3. The summed E-state index contributed by atoms with van der Waals surface area (Å²) in [5, 5.41) is 3.38. The second kappa shape index (κ2) is 11.0. The van der Waals surface area contributed by atoms with E-state index in [0.29, 0.717) is 22.3 Å². The minimum atomic E-state index is -4.04. The highest BCUT2D eigenvalue weighted by Gasteiger charge is 2.20. The Labute approximate surface area is 232 Å². The van der Waals surface area contributed by atoms with E-state index in [0.717, 1.165) is 9.13 Å². The van der Waals surface area contributed by atoms with Gasteiger partial charge in [0.05, 0.1) is 21.2 Å². The van der Waals surface area contributed by atoms with Crippen LogP contribution in [-0.2, 0) is 10.0 Å². The molecular formula is C25H18Cl2IN3O4S. The van der Waals surface area contributed by atoms with E-state index in [1.54, 1.807) is 36.5 Å². The predicted octanol–water partition coefficient (Wildman–Crippen LogP) is 7.15. The third kappa shape index (κ3) is 6.28. The van der Waals surface area contributed by atoms with Gasteiger partial charge >= 0.3 is 0 Å². The predicted molar refractivity (Wildman–Crippen MR) is 150 cm³/mol. The van der Waals surface area contributed by atoms with Crippen LogP contribution in [0, 0.1) is 10.5 Å². The van der Waals surface area contributed by atoms with E-state index in [1.807, 2.05) is 6.92 Å². The first-order valence-electron chi connectivity index (χ1n) is 10.4. The topological polar surface area (TPSA) is 97.4 Å². The first-order valence-corrected chi connectivity index (χ1v) is 13.7. The number of sulfonamides is 1. The number of hydrogen-bond acceptors (Lipinski definition) is 5. The molecule has 0 fully saturated rings. The fraction of sp³-hybridized carbons (Fsp3) is 0.0400. The van der Waals surface area contributed by atoms with E-state index in [-0.39, 0.29) is 21.2 Å². The maximum absolute atomic E-state index is 13.1. The molecule has 0 saturated heterocycles. The van der Waals surface area contributed by atoms with Crippen LogP contribution in [0.15, 0.2) is 83.9 Å². The molecule has 36 heavy (non-hydrogen) atoms. The average molecular weight is 654 g/mol. The van der Waals surface area contributed by atoms with Crippen LogP contribution in [-0.4, -0.2) is 19.3 Å². The van der Waals surface area contributed by atoms with Crippen molar-refractivity contribution in [3.05, 3.63) is 104 Å². The van der Waals surface area contributed by atoms with Crippen molar-refractivity contribution >= 4 is 73.2 Å². The Morgan fingerprint density at radius 2 is 1.72 bits per heavy atom. The Morgan fingerprint density at radius 1 is 1.00 bits per heavy atom. The van der Waals surface area contributed by atoms with Crippen LogP contribution in [0.25, 0.3) is 0 Å². The third-order valence-corrected chi connectivity index (χ3v) is 8.02. The van der Waals surface area contributed by atoms with Crippen LogP contribution >= 0.6 is 45.8 Å². The van der Waals surface area contributed by atoms with Gasteiger partial charge in [0.1, 0.15) is 17.3 Å². The number of aryl methyl sites for hydroxylation is 1. The number of aromatic nitrogens is 1. The molecule has 2 N–H and O–H groups in total. The molecule has 7 nitrogen and oxygen atoms in total. The molecule has 0 aliphatic rings. The molecule has 1 amide bonds. The van der Waals surface area contributed by atoms with Crippen molar-refractivity contribution in [3.8, 4) is 11.5 Å². The summed E-state index contributed by atoms with van der Waals surface area (Å²) in [6.45, 7) is 1.89. The average Bonchev–Trinajstić information content (AvgIpc) is 2.84. The van der Waals surface area contributed by atoms with Gasteiger partial charge in [-0.05, 0) is 95.7 Å². The quantitative estimate of drug-likeness (QED) is 0.207. The number of hydrogen-bond donors (Lipinski definition) is 2. The van der Waals surface area contributed by atoms with Crippen LogP contribution in [0.2, 0.25) is 10.0 Å². The minimum Gasteiger partial charge on any atom is -0.456 e. The highest BCUT2D eigenvalue weighted by molar-refractivity contribution is 14.1. The van der Waals surface area contributed by atoms with Crippen molar-refractivity contribution in [2.24, 2.45) is 0 Å². The monoisotopic (exact) mass is 653 g/mol. The van der Waals surface area contributed by atoms with Crippen molar-refractivity contribution in [2.75, 3.05) is 10.0 Å². The van der Waals surface area contributed by atoms with Crippen molar-refractivity contribution < 1.29 is 17.9 Å². The molecule has 1 aromatic heterocycles. The van der Waals surface area contributed by atoms with Gasteiger partial charge < -0.3 is 10.1 Å². The van der Waals surface area contributed by atoms with Crippen LogP contribution in [0.5, 0.6) is 11.5 Å². The molecule has 4 aromatic rings. The SMILES string of the molecule is Cc1cc(NC(=O)c2cc(Cl)ccc2NS(=O)(=O)c2ccc(Oc3ccccc3Cl)cc2)ncc1I. The highest BCUT2D eigenvalue weighted by Crippen LogP contribution is 2.30. The molecule has 0 aliphatic carbocycles. The van der Waals surface area contributed by atoms with E-state index in [1.165, 1.54) is 42.5 Å². The zero-order valence-corrected chi connectivity index (χ0v) is 23.1. The van der Waals surface area contributed by atoms with Crippen molar-refractivity contribution in [1.29, 1.82) is 0 Å². The van der Waals surface area contributed by atoms with E-state index in [9.17, 15) is 13.2 Å². The van der Waals surface area contributed by atoms with Gasteiger partial charge in [-0.1, -0.05) is 35.3 Å². The van der Waals surface area contributed by atoms with Gasteiger partial charge in [0.15, 0.2) is 0 Å². The smallest absolute Gasteiger partial charge is 0.261 e. The summed E-state index contributed by atoms with van der Waals surface area (Å²) in [5.41, 5.74) is 1.05. The summed E-state index contributed by atoms with van der Waals surface area (Å²) in [7, 11) is -4.04. The number of anilines is 2. The molecule has 0 unspecified atom stereocenters. The lowest BCUT2D eigenvalue weighted by molar-refractivity contribution is 0.102. The van der Waals surface area contributed by atoms with Gasteiger partial charge in [-0.25, -0.2) is 13.4 Å². The summed E-state index contributed by atoms with van der Waals surface area (Å²) >= 11 is 14.3. The fourth-order valence-electron chi connectivity index (χ4n) is 3.13. The lowest BCUT2D eigenvalue weighted by Gasteiger charge is -2.14. The summed E-state index contributed by atoms with van der Waals surface area (Å²) in [6, 6.07) is 18.8.